The molecule has 0 spiro atoms. The SMILES string of the molecule is CC(C)N(CC(=O)N1CCc2sccc2[C@@H]1COc1ccccc1F)C(=O)Cc1ccccc1. The molecule has 2 aromatic carbocycles. The number of ether oxygens (including phenoxy) is 1. The summed E-state index contributed by atoms with van der Waals surface area (Å²) in [6.45, 7) is 4.52. The molecular weight excluding hydrogens is 451 g/mol. The fraction of sp³-hybridized carbons (Fsp3) is 0.333. The van der Waals surface area contributed by atoms with Gasteiger partial charge in [-0.15, -0.1) is 11.3 Å². The summed E-state index contributed by atoms with van der Waals surface area (Å²) in [5.41, 5.74) is 1.95. The van der Waals surface area contributed by atoms with Crippen LogP contribution in [0.25, 0.3) is 0 Å². The van der Waals surface area contributed by atoms with Crippen LogP contribution in [0.2, 0.25) is 0 Å². The largest absolute Gasteiger partial charge is 0.488 e. The van der Waals surface area contributed by atoms with E-state index in [-0.39, 0.29) is 49.2 Å². The predicted molar refractivity (Wildman–Crippen MR) is 131 cm³/mol. The summed E-state index contributed by atoms with van der Waals surface area (Å²) in [4.78, 5) is 31.2. The van der Waals surface area contributed by atoms with Crippen LogP contribution in [0.5, 0.6) is 5.75 Å². The third kappa shape index (κ3) is 5.47. The zero-order valence-electron chi connectivity index (χ0n) is 19.4. The van der Waals surface area contributed by atoms with Gasteiger partial charge in [-0.05, 0) is 55.0 Å². The Hall–Kier alpha value is -3.19. The van der Waals surface area contributed by atoms with Crippen LogP contribution in [-0.4, -0.2) is 47.4 Å². The molecule has 0 saturated carbocycles. The molecule has 0 fully saturated rings. The van der Waals surface area contributed by atoms with E-state index in [9.17, 15) is 14.0 Å². The molecule has 178 valence electrons. The highest BCUT2D eigenvalue weighted by Gasteiger charge is 2.34. The molecule has 5 nitrogen and oxygen atoms in total. The third-order valence-electron chi connectivity index (χ3n) is 6.10. The second-order valence-corrected chi connectivity index (χ2v) is 9.67. The van der Waals surface area contributed by atoms with E-state index in [1.807, 2.05) is 55.6 Å². The first-order valence-electron chi connectivity index (χ1n) is 11.5. The lowest BCUT2D eigenvalue weighted by Crippen LogP contribution is -2.49. The number of thiophene rings is 1. The molecule has 0 bridgehead atoms. The van der Waals surface area contributed by atoms with Crippen molar-refractivity contribution in [2.24, 2.45) is 0 Å². The van der Waals surface area contributed by atoms with Crippen LogP contribution in [0.1, 0.15) is 35.9 Å². The molecule has 0 saturated heterocycles. The number of halogens is 1. The maximum atomic E-state index is 14.1. The van der Waals surface area contributed by atoms with Gasteiger partial charge in [0.15, 0.2) is 11.6 Å². The number of rotatable bonds is 8. The molecule has 1 aliphatic heterocycles. The zero-order valence-corrected chi connectivity index (χ0v) is 20.3. The first-order chi connectivity index (χ1) is 16.4. The molecule has 2 heterocycles. The number of hydrogen-bond acceptors (Lipinski definition) is 4. The first kappa shape index (κ1) is 24.0. The highest BCUT2D eigenvalue weighted by atomic mass is 32.1. The number of carbonyl (C=O) groups excluding carboxylic acids is 2. The summed E-state index contributed by atoms with van der Waals surface area (Å²) in [5, 5.41) is 2.01. The number of fused-ring (bicyclic) bond motifs is 1. The van der Waals surface area contributed by atoms with Crippen molar-refractivity contribution in [1.29, 1.82) is 0 Å². The van der Waals surface area contributed by atoms with E-state index in [0.29, 0.717) is 6.54 Å². The first-order valence-corrected chi connectivity index (χ1v) is 12.4. The van der Waals surface area contributed by atoms with Crippen LogP contribution < -0.4 is 4.74 Å². The van der Waals surface area contributed by atoms with Crippen molar-refractivity contribution < 1.29 is 18.7 Å². The monoisotopic (exact) mass is 480 g/mol. The lowest BCUT2D eigenvalue weighted by molar-refractivity contribution is -0.143. The van der Waals surface area contributed by atoms with Gasteiger partial charge in [0.2, 0.25) is 11.8 Å². The maximum absolute atomic E-state index is 14.1. The second kappa shape index (κ2) is 10.8. The average molecular weight is 481 g/mol. The molecule has 0 unspecified atom stereocenters. The summed E-state index contributed by atoms with van der Waals surface area (Å²) >= 11 is 1.66. The summed E-state index contributed by atoms with van der Waals surface area (Å²) < 4.78 is 19.9. The highest BCUT2D eigenvalue weighted by Crippen LogP contribution is 2.34. The summed E-state index contributed by atoms with van der Waals surface area (Å²) in [6.07, 6.45) is 1.01. The van der Waals surface area contributed by atoms with Crippen molar-refractivity contribution in [3.63, 3.8) is 0 Å². The fourth-order valence-electron chi connectivity index (χ4n) is 4.27. The van der Waals surface area contributed by atoms with Gasteiger partial charge in [0, 0.05) is 17.5 Å². The lowest BCUT2D eigenvalue weighted by atomic mass is 10.00. The Kier molecular flexibility index (Phi) is 7.63. The maximum Gasteiger partial charge on any atom is 0.242 e. The normalized spacial score (nSPS) is 15.2. The van der Waals surface area contributed by atoms with E-state index in [1.165, 1.54) is 10.9 Å². The van der Waals surface area contributed by atoms with Crippen molar-refractivity contribution in [2.45, 2.75) is 38.8 Å². The quantitative estimate of drug-likeness (QED) is 0.462. The third-order valence-corrected chi connectivity index (χ3v) is 7.09. The molecule has 4 rings (SSSR count). The number of benzene rings is 2. The van der Waals surface area contributed by atoms with E-state index in [0.717, 1.165) is 17.5 Å². The molecule has 7 heteroatoms. The Morgan fingerprint density at radius 2 is 1.85 bits per heavy atom. The molecular formula is C27H29FN2O3S. The Bertz CT molecular complexity index is 1130. The van der Waals surface area contributed by atoms with Gasteiger partial charge in [-0.3, -0.25) is 9.59 Å². The van der Waals surface area contributed by atoms with E-state index in [4.69, 9.17) is 4.74 Å². The van der Waals surface area contributed by atoms with E-state index < -0.39 is 5.82 Å². The zero-order chi connectivity index (χ0) is 24.1. The minimum absolute atomic E-state index is 0.000990. The van der Waals surface area contributed by atoms with Gasteiger partial charge in [-0.2, -0.15) is 0 Å². The smallest absolute Gasteiger partial charge is 0.242 e. The van der Waals surface area contributed by atoms with Gasteiger partial charge in [-0.25, -0.2) is 4.39 Å². The lowest BCUT2D eigenvalue weighted by Gasteiger charge is -2.37. The number of para-hydroxylation sites is 1. The van der Waals surface area contributed by atoms with Crippen LogP contribution in [0, 0.1) is 5.82 Å². The Balaban J connectivity index is 1.50. The minimum Gasteiger partial charge on any atom is -0.488 e. The molecule has 34 heavy (non-hydrogen) atoms. The van der Waals surface area contributed by atoms with Crippen LogP contribution in [-0.2, 0) is 22.4 Å². The van der Waals surface area contributed by atoms with Gasteiger partial charge < -0.3 is 14.5 Å². The Morgan fingerprint density at radius 1 is 1.12 bits per heavy atom. The highest BCUT2D eigenvalue weighted by molar-refractivity contribution is 7.10. The molecule has 3 aromatic rings. The van der Waals surface area contributed by atoms with Gasteiger partial charge in [0.1, 0.15) is 13.2 Å². The van der Waals surface area contributed by atoms with Crippen molar-refractivity contribution in [1.82, 2.24) is 9.80 Å². The molecule has 1 aliphatic rings. The minimum atomic E-state index is -0.431. The fourth-order valence-corrected chi connectivity index (χ4v) is 5.20. The molecule has 1 aromatic heterocycles. The second-order valence-electron chi connectivity index (χ2n) is 8.67. The standard InChI is InChI=1S/C27H29FN2O3S/c1-19(2)30(26(31)16-20-8-4-3-5-9-20)17-27(32)29-14-12-25-21(13-15-34-25)23(29)18-33-24-11-7-6-10-22(24)28/h3-11,13,15,19,23H,12,14,16-18H2,1-2H3/t23-/m0/s1. The van der Waals surface area contributed by atoms with Crippen LogP contribution in [0.15, 0.2) is 66.0 Å². The predicted octanol–water partition coefficient (Wildman–Crippen LogP) is 4.87. The Labute approximate surface area is 203 Å². The number of nitrogens with zero attached hydrogens (tertiary/aromatic N) is 2. The Morgan fingerprint density at radius 3 is 2.59 bits per heavy atom. The van der Waals surface area contributed by atoms with Crippen LogP contribution in [0.3, 0.4) is 0 Å². The van der Waals surface area contributed by atoms with E-state index in [1.54, 1.807) is 39.3 Å². The van der Waals surface area contributed by atoms with Crippen molar-refractivity contribution >= 4 is 23.2 Å². The van der Waals surface area contributed by atoms with Crippen molar-refractivity contribution in [3.05, 3.63) is 87.9 Å². The van der Waals surface area contributed by atoms with Gasteiger partial charge >= 0.3 is 0 Å². The summed E-state index contributed by atoms with van der Waals surface area (Å²) in [7, 11) is 0. The molecule has 1 atom stereocenters. The topological polar surface area (TPSA) is 49.9 Å². The van der Waals surface area contributed by atoms with Crippen molar-refractivity contribution in [3.8, 4) is 5.75 Å². The van der Waals surface area contributed by atoms with Gasteiger partial charge in [-0.1, -0.05) is 42.5 Å². The van der Waals surface area contributed by atoms with Crippen LogP contribution in [0.4, 0.5) is 4.39 Å². The molecule has 0 radical (unpaired) electrons. The molecule has 0 aliphatic carbocycles. The van der Waals surface area contributed by atoms with E-state index >= 15 is 0 Å². The number of amides is 2. The molecule has 0 N–H and O–H groups in total. The van der Waals surface area contributed by atoms with Crippen LogP contribution >= 0.6 is 11.3 Å². The number of carbonyl (C=O) groups is 2. The summed E-state index contributed by atoms with van der Waals surface area (Å²) in [6, 6.07) is 17.4. The van der Waals surface area contributed by atoms with Gasteiger partial charge in [0.25, 0.3) is 0 Å². The average Bonchev–Trinajstić information content (AvgIpc) is 3.31. The summed E-state index contributed by atoms with van der Waals surface area (Å²) in [5.74, 6) is -0.477. The van der Waals surface area contributed by atoms with Crippen molar-refractivity contribution in [2.75, 3.05) is 19.7 Å². The van der Waals surface area contributed by atoms with Gasteiger partial charge in [0.05, 0.1) is 12.5 Å². The number of hydrogen-bond donors (Lipinski definition) is 0. The van der Waals surface area contributed by atoms with E-state index in [2.05, 4.69) is 0 Å². The molecule has 2 amide bonds.